The molecule has 0 bridgehead atoms. The van der Waals surface area contributed by atoms with Crippen molar-refractivity contribution in [1.82, 2.24) is 9.80 Å². The fourth-order valence-corrected chi connectivity index (χ4v) is 4.55. The van der Waals surface area contributed by atoms with Crippen LogP contribution >= 0.6 is 0 Å². The van der Waals surface area contributed by atoms with Gasteiger partial charge < -0.3 is 23.7 Å². The summed E-state index contributed by atoms with van der Waals surface area (Å²) in [5.41, 5.74) is 0.707. The number of carbonyl (C=O) groups excluding carboxylic acids is 2. The van der Waals surface area contributed by atoms with Crippen LogP contribution in [-0.4, -0.2) is 48.4 Å². The summed E-state index contributed by atoms with van der Waals surface area (Å²) in [5.74, 6) is 1.64. The molecule has 2 amide bonds. The highest BCUT2D eigenvalue weighted by Gasteiger charge is 2.43. The van der Waals surface area contributed by atoms with Crippen LogP contribution in [0.2, 0.25) is 0 Å². The minimum Gasteiger partial charge on any atom is -0.493 e. The average Bonchev–Trinajstić information content (AvgIpc) is 3.29. The van der Waals surface area contributed by atoms with Crippen molar-refractivity contribution in [2.24, 2.45) is 0 Å². The Kier molecular flexibility index (Phi) is 5.97. The summed E-state index contributed by atoms with van der Waals surface area (Å²) >= 11 is 0. The molecule has 2 aromatic rings. The van der Waals surface area contributed by atoms with Gasteiger partial charge in [0.25, 0.3) is 5.91 Å². The van der Waals surface area contributed by atoms with E-state index < -0.39 is 6.04 Å². The lowest BCUT2D eigenvalue weighted by Crippen LogP contribution is -2.58. The third-order valence-electron chi connectivity index (χ3n) is 6.10. The molecule has 0 spiro atoms. The zero-order valence-electron chi connectivity index (χ0n) is 17.5. The summed E-state index contributed by atoms with van der Waals surface area (Å²) in [5, 5.41) is 0. The Balaban J connectivity index is 1.71. The number of hydrogen-bond donors (Lipinski definition) is 0. The summed E-state index contributed by atoms with van der Waals surface area (Å²) < 4.78 is 16.2. The van der Waals surface area contributed by atoms with Gasteiger partial charge in [-0.25, -0.2) is 0 Å². The van der Waals surface area contributed by atoms with Gasteiger partial charge in [-0.15, -0.1) is 0 Å². The molecule has 1 aromatic heterocycles. The molecule has 2 fully saturated rings. The first-order valence-electron chi connectivity index (χ1n) is 10.5. The molecule has 0 unspecified atom stereocenters. The SMILES string of the molecule is COc1ccc([C@H]2C(=O)N(C3CCCCC3)CC(=O)N2Cc2ccco2)cc1OC. The summed E-state index contributed by atoms with van der Waals surface area (Å²) in [6, 6.07) is 8.39. The predicted molar refractivity (Wildman–Crippen MR) is 110 cm³/mol. The van der Waals surface area contributed by atoms with E-state index in [0.717, 1.165) is 25.7 Å². The smallest absolute Gasteiger partial charge is 0.250 e. The highest BCUT2D eigenvalue weighted by Crippen LogP contribution is 2.37. The molecule has 160 valence electrons. The topological polar surface area (TPSA) is 72.2 Å². The van der Waals surface area contributed by atoms with Crippen molar-refractivity contribution in [2.75, 3.05) is 20.8 Å². The van der Waals surface area contributed by atoms with Crippen LogP contribution in [0.5, 0.6) is 11.5 Å². The van der Waals surface area contributed by atoms with Gasteiger partial charge in [0.1, 0.15) is 18.3 Å². The Morgan fingerprint density at radius 1 is 1.03 bits per heavy atom. The first kappa shape index (κ1) is 20.3. The van der Waals surface area contributed by atoms with Gasteiger partial charge in [-0.3, -0.25) is 9.59 Å². The molecule has 1 aliphatic carbocycles. The number of piperazine rings is 1. The van der Waals surface area contributed by atoms with E-state index in [9.17, 15) is 9.59 Å². The Bertz CT molecular complexity index is 889. The molecule has 0 radical (unpaired) electrons. The highest BCUT2D eigenvalue weighted by atomic mass is 16.5. The second kappa shape index (κ2) is 8.81. The molecule has 7 nitrogen and oxygen atoms in total. The number of amides is 2. The van der Waals surface area contributed by atoms with Crippen molar-refractivity contribution in [3.63, 3.8) is 0 Å². The fraction of sp³-hybridized carbons (Fsp3) is 0.478. The number of carbonyl (C=O) groups is 2. The van der Waals surface area contributed by atoms with Crippen molar-refractivity contribution in [2.45, 2.75) is 50.7 Å². The fourth-order valence-electron chi connectivity index (χ4n) is 4.55. The second-order valence-corrected chi connectivity index (χ2v) is 7.88. The minimum absolute atomic E-state index is 0.0414. The lowest BCUT2D eigenvalue weighted by Gasteiger charge is -2.44. The maximum atomic E-state index is 13.7. The van der Waals surface area contributed by atoms with Crippen LogP contribution in [0.3, 0.4) is 0 Å². The van der Waals surface area contributed by atoms with Crippen LogP contribution in [0.25, 0.3) is 0 Å². The van der Waals surface area contributed by atoms with Crippen LogP contribution < -0.4 is 9.47 Å². The maximum Gasteiger partial charge on any atom is 0.250 e. The number of benzene rings is 1. The number of furan rings is 1. The molecule has 1 aliphatic heterocycles. The van der Waals surface area contributed by atoms with Gasteiger partial charge in [-0.2, -0.15) is 0 Å². The van der Waals surface area contributed by atoms with Gasteiger partial charge >= 0.3 is 0 Å². The molecule has 1 saturated heterocycles. The van der Waals surface area contributed by atoms with Crippen LogP contribution in [0.15, 0.2) is 41.0 Å². The standard InChI is InChI=1S/C23H28N2O5/c1-28-19-11-10-16(13-20(19)29-2)22-23(27)24(17-7-4-3-5-8-17)15-21(26)25(22)14-18-9-6-12-30-18/h6,9-13,17,22H,3-5,7-8,14-15H2,1-2H3/t22-/m0/s1. The van der Waals surface area contributed by atoms with E-state index in [-0.39, 0.29) is 30.9 Å². The van der Waals surface area contributed by atoms with Gasteiger partial charge in [0.2, 0.25) is 5.91 Å². The minimum atomic E-state index is -0.724. The second-order valence-electron chi connectivity index (χ2n) is 7.88. The Labute approximate surface area is 176 Å². The van der Waals surface area contributed by atoms with Crippen molar-refractivity contribution in [1.29, 1.82) is 0 Å². The van der Waals surface area contributed by atoms with Crippen LogP contribution in [0.1, 0.15) is 49.5 Å². The molecule has 1 saturated carbocycles. The summed E-state index contributed by atoms with van der Waals surface area (Å²) in [4.78, 5) is 30.3. The van der Waals surface area contributed by atoms with E-state index in [1.54, 1.807) is 48.5 Å². The molecular formula is C23H28N2O5. The van der Waals surface area contributed by atoms with E-state index in [2.05, 4.69) is 0 Å². The quantitative estimate of drug-likeness (QED) is 0.726. The lowest BCUT2D eigenvalue weighted by molar-refractivity contribution is -0.160. The summed E-state index contributed by atoms with van der Waals surface area (Å²) in [6.45, 7) is 0.364. The Morgan fingerprint density at radius 2 is 1.80 bits per heavy atom. The average molecular weight is 412 g/mol. The zero-order valence-corrected chi connectivity index (χ0v) is 17.5. The van der Waals surface area contributed by atoms with E-state index in [1.807, 2.05) is 12.1 Å². The molecule has 4 rings (SSSR count). The number of hydrogen-bond acceptors (Lipinski definition) is 5. The molecule has 2 aliphatic rings. The zero-order chi connectivity index (χ0) is 21.1. The van der Waals surface area contributed by atoms with Crippen molar-refractivity contribution < 1.29 is 23.5 Å². The lowest BCUT2D eigenvalue weighted by atomic mass is 9.91. The van der Waals surface area contributed by atoms with E-state index >= 15 is 0 Å². The molecule has 7 heteroatoms. The van der Waals surface area contributed by atoms with E-state index in [0.29, 0.717) is 22.8 Å². The van der Waals surface area contributed by atoms with Crippen molar-refractivity contribution in [3.05, 3.63) is 47.9 Å². The van der Waals surface area contributed by atoms with Gasteiger partial charge in [0.05, 0.1) is 27.0 Å². The maximum absolute atomic E-state index is 13.7. The highest BCUT2D eigenvalue weighted by molar-refractivity contribution is 5.95. The molecule has 1 aromatic carbocycles. The predicted octanol–water partition coefficient (Wildman–Crippen LogP) is 3.54. The summed E-state index contributed by atoms with van der Waals surface area (Å²) in [6.07, 6.45) is 6.87. The first-order chi connectivity index (χ1) is 14.6. The Hall–Kier alpha value is -2.96. The normalized spacial score (nSPS) is 20.5. The van der Waals surface area contributed by atoms with Gasteiger partial charge in [0.15, 0.2) is 11.5 Å². The number of ether oxygens (including phenoxy) is 2. The number of rotatable bonds is 6. The van der Waals surface area contributed by atoms with Gasteiger partial charge in [-0.05, 0) is 42.7 Å². The van der Waals surface area contributed by atoms with Gasteiger partial charge in [0, 0.05) is 6.04 Å². The number of methoxy groups -OCH3 is 2. The van der Waals surface area contributed by atoms with Gasteiger partial charge in [-0.1, -0.05) is 25.3 Å². The molecular weight excluding hydrogens is 384 g/mol. The van der Waals surface area contributed by atoms with E-state index in [4.69, 9.17) is 13.9 Å². The molecule has 30 heavy (non-hydrogen) atoms. The Morgan fingerprint density at radius 3 is 2.47 bits per heavy atom. The third kappa shape index (κ3) is 3.88. The van der Waals surface area contributed by atoms with E-state index in [1.165, 1.54) is 6.42 Å². The first-order valence-corrected chi connectivity index (χ1v) is 10.5. The van der Waals surface area contributed by atoms with Crippen LogP contribution in [0, 0.1) is 0 Å². The molecule has 1 atom stereocenters. The van der Waals surface area contributed by atoms with Crippen LogP contribution in [-0.2, 0) is 16.1 Å². The van der Waals surface area contributed by atoms with Crippen molar-refractivity contribution >= 4 is 11.8 Å². The molecule has 2 heterocycles. The van der Waals surface area contributed by atoms with Crippen molar-refractivity contribution in [3.8, 4) is 11.5 Å². The molecule has 0 N–H and O–H groups in total. The summed E-state index contributed by atoms with van der Waals surface area (Å²) in [7, 11) is 3.13. The largest absolute Gasteiger partial charge is 0.493 e. The van der Waals surface area contributed by atoms with Crippen LogP contribution in [0.4, 0.5) is 0 Å². The number of nitrogens with zero attached hydrogens (tertiary/aromatic N) is 2. The monoisotopic (exact) mass is 412 g/mol. The third-order valence-corrected chi connectivity index (χ3v) is 6.10.